The first-order valence-electron chi connectivity index (χ1n) is 6.19. The fourth-order valence-corrected chi connectivity index (χ4v) is 1.56. The zero-order valence-corrected chi connectivity index (χ0v) is 11.8. The minimum atomic E-state index is -0.748. The lowest BCUT2D eigenvalue weighted by Crippen LogP contribution is -2.38. The van der Waals surface area contributed by atoms with E-state index in [-0.39, 0.29) is 11.7 Å². The molecule has 0 saturated carbocycles. The topological polar surface area (TPSA) is 73.9 Å². The van der Waals surface area contributed by atoms with E-state index in [1.54, 1.807) is 32.2 Å². The van der Waals surface area contributed by atoms with Crippen molar-refractivity contribution in [3.63, 3.8) is 0 Å². The van der Waals surface area contributed by atoms with Crippen molar-refractivity contribution in [2.75, 3.05) is 27.4 Å². The minimum absolute atomic E-state index is 0.263. The molecule has 0 fully saturated rings. The zero-order valence-electron chi connectivity index (χ0n) is 11.8. The van der Waals surface area contributed by atoms with Crippen molar-refractivity contribution in [3.05, 3.63) is 23.8 Å². The molecule has 0 aromatic heterocycles. The van der Waals surface area contributed by atoms with Crippen LogP contribution in [0.25, 0.3) is 0 Å². The number of nitrogens with one attached hydrogen (secondary N) is 1. The molecule has 0 spiro atoms. The van der Waals surface area contributed by atoms with Gasteiger partial charge in [-0.15, -0.1) is 0 Å². The van der Waals surface area contributed by atoms with Crippen LogP contribution in [0.5, 0.6) is 11.5 Å². The number of benzene rings is 1. The second-order valence-electron chi connectivity index (χ2n) is 4.04. The van der Waals surface area contributed by atoms with Gasteiger partial charge in [0, 0.05) is 13.7 Å². The number of carbonyl (C=O) groups is 2. The van der Waals surface area contributed by atoms with Crippen molar-refractivity contribution in [1.82, 2.24) is 5.32 Å². The van der Waals surface area contributed by atoms with E-state index in [0.29, 0.717) is 30.8 Å². The molecular formula is C14H19NO5. The van der Waals surface area contributed by atoms with Gasteiger partial charge in [0.25, 0.3) is 5.91 Å². The van der Waals surface area contributed by atoms with Gasteiger partial charge in [-0.25, -0.2) is 0 Å². The lowest BCUT2D eigenvalue weighted by Gasteiger charge is -2.17. The first kappa shape index (κ1) is 16.0. The molecule has 1 rings (SSSR count). The minimum Gasteiger partial charge on any atom is -0.493 e. The first-order chi connectivity index (χ1) is 9.63. The smallest absolute Gasteiger partial charge is 0.260 e. The van der Waals surface area contributed by atoms with Crippen LogP contribution in [0, 0.1) is 0 Å². The lowest BCUT2D eigenvalue weighted by molar-refractivity contribution is -0.127. The molecule has 110 valence electrons. The van der Waals surface area contributed by atoms with Gasteiger partial charge in [0.2, 0.25) is 0 Å². The number of methoxy groups -OCH3 is 2. The molecular weight excluding hydrogens is 262 g/mol. The lowest BCUT2D eigenvalue weighted by atomic mass is 10.2. The van der Waals surface area contributed by atoms with E-state index in [0.717, 1.165) is 0 Å². The van der Waals surface area contributed by atoms with Crippen molar-refractivity contribution >= 4 is 12.2 Å². The monoisotopic (exact) mass is 281 g/mol. The number of amides is 1. The van der Waals surface area contributed by atoms with Crippen molar-refractivity contribution in [2.45, 2.75) is 13.0 Å². The zero-order chi connectivity index (χ0) is 15.0. The third-order valence-electron chi connectivity index (χ3n) is 2.63. The number of ether oxygens (including phenoxy) is 3. The summed E-state index contributed by atoms with van der Waals surface area (Å²) in [4.78, 5) is 22.8. The maximum absolute atomic E-state index is 11.8. The third kappa shape index (κ3) is 4.24. The Morgan fingerprint density at radius 2 is 2.15 bits per heavy atom. The third-order valence-corrected chi connectivity index (χ3v) is 2.63. The van der Waals surface area contributed by atoms with Crippen LogP contribution in [0.1, 0.15) is 17.3 Å². The summed E-state index contributed by atoms with van der Waals surface area (Å²) in [5, 5.41) is 2.66. The van der Waals surface area contributed by atoms with Crippen molar-refractivity contribution in [3.8, 4) is 11.5 Å². The molecule has 0 heterocycles. The van der Waals surface area contributed by atoms with Gasteiger partial charge in [0.1, 0.15) is 0 Å². The van der Waals surface area contributed by atoms with Crippen molar-refractivity contribution < 1.29 is 23.8 Å². The fourth-order valence-electron chi connectivity index (χ4n) is 1.56. The molecule has 0 aliphatic rings. The van der Waals surface area contributed by atoms with Gasteiger partial charge >= 0.3 is 0 Å². The predicted molar refractivity (Wildman–Crippen MR) is 73.4 cm³/mol. The second-order valence-corrected chi connectivity index (χ2v) is 4.04. The van der Waals surface area contributed by atoms with Crippen LogP contribution in [0.4, 0.5) is 0 Å². The second kappa shape index (κ2) is 8.16. The van der Waals surface area contributed by atoms with Crippen LogP contribution in [0.2, 0.25) is 0 Å². The van der Waals surface area contributed by atoms with Crippen LogP contribution < -0.4 is 14.8 Å². The average Bonchev–Trinajstić information content (AvgIpc) is 2.47. The fraction of sp³-hybridized carbons (Fsp3) is 0.429. The maximum Gasteiger partial charge on any atom is 0.260 e. The van der Waals surface area contributed by atoms with Crippen LogP contribution in [0.3, 0.4) is 0 Å². The molecule has 1 atom stereocenters. The maximum atomic E-state index is 11.8. The van der Waals surface area contributed by atoms with Crippen molar-refractivity contribution in [2.24, 2.45) is 0 Å². The molecule has 6 nitrogen and oxygen atoms in total. The van der Waals surface area contributed by atoms with Gasteiger partial charge in [-0.3, -0.25) is 9.59 Å². The highest BCUT2D eigenvalue weighted by Crippen LogP contribution is 2.30. The van der Waals surface area contributed by atoms with Gasteiger partial charge in [0.05, 0.1) is 19.3 Å². The summed E-state index contributed by atoms with van der Waals surface area (Å²) in [6.45, 7) is 2.42. The predicted octanol–water partition coefficient (Wildman–Crippen LogP) is 1.04. The van der Waals surface area contributed by atoms with E-state index in [9.17, 15) is 9.59 Å². The molecule has 1 aromatic carbocycles. The van der Waals surface area contributed by atoms with Gasteiger partial charge < -0.3 is 19.5 Å². The molecule has 20 heavy (non-hydrogen) atoms. The number of rotatable bonds is 8. The molecule has 0 saturated heterocycles. The van der Waals surface area contributed by atoms with E-state index in [1.807, 2.05) is 0 Å². The number of hydrogen-bond acceptors (Lipinski definition) is 5. The molecule has 0 aliphatic carbocycles. The van der Waals surface area contributed by atoms with Crippen LogP contribution in [0.15, 0.2) is 18.2 Å². The van der Waals surface area contributed by atoms with E-state index in [1.165, 1.54) is 7.11 Å². The van der Waals surface area contributed by atoms with Gasteiger partial charge in [-0.2, -0.15) is 0 Å². The Morgan fingerprint density at radius 3 is 2.75 bits per heavy atom. The van der Waals surface area contributed by atoms with Crippen LogP contribution >= 0.6 is 0 Å². The molecule has 0 radical (unpaired) electrons. The normalized spacial score (nSPS) is 11.6. The Kier molecular flexibility index (Phi) is 6.52. The van der Waals surface area contributed by atoms with Gasteiger partial charge in [-0.05, 0) is 19.1 Å². The summed E-state index contributed by atoms with van der Waals surface area (Å²) in [7, 11) is 3.03. The standard InChI is InChI=1S/C14H19NO5/c1-10(14(17)15-7-8-18-2)20-13-11(9-16)5-4-6-12(13)19-3/h4-6,9-10H,7-8H2,1-3H3,(H,15,17). The molecule has 6 heteroatoms. The number of carbonyl (C=O) groups excluding carboxylic acids is 2. The summed E-state index contributed by atoms with van der Waals surface area (Å²) >= 11 is 0. The highest BCUT2D eigenvalue weighted by Gasteiger charge is 2.18. The largest absolute Gasteiger partial charge is 0.493 e. The molecule has 1 aromatic rings. The molecule has 1 N–H and O–H groups in total. The Hall–Kier alpha value is -2.08. The summed E-state index contributed by atoms with van der Waals surface area (Å²) in [5.41, 5.74) is 0.334. The SMILES string of the molecule is COCCNC(=O)C(C)Oc1c(C=O)cccc1OC. The highest BCUT2D eigenvalue weighted by molar-refractivity contribution is 5.83. The van der Waals surface area contributed by atoms with Crippen molar-refractivity contribution in [1.29, 1.82) is 0 Å². The summed E-state index contributed by atoms with van der Waals surface area (Å²) < 4.78 is 15.5. The Balaban J connectivity index is 2.76. The number of hydrogen-bond donors (Lipinski definition) is 1. The van der Waals surface area contributed by atoms with E-state index >= 15 is 0 Å². The quantitative estimate of drug-likeness (QED) is 0.569. The van der Waals surface area contributed by atoms with Gasteiger partial charge in [0.15, 0.2) is 23.9 Å². The molecule has 1 unspecified atom stereocenters. The van der Waals surface area contributed by atoms with Crippen LogP contribution in [-0.2, 0) is 9.53 Å². The Morgan fingerprint density at radius 1 is 1.40 bits per heavy atom. The first-order valence-corrected chi connectivity index (χ1v) is 6.19. The molecule has 0 bridgehead atoms. The van der Waals surface area contributed by atoms with E-state index < -0.39 is 6.10 Å². The summed E-state index contributed by atoms with van der Waals surface area (Å²) in [5.74, 6) is 0.385. The Labute approximate surface area is 118 Å². The van der Waals surface area contributed by atoms with Crippen LogP contribution in [-0.4, -0.2) is 45.7 Å². The average molecular weight is 281 g/mol. The molecule has 0 aliphatic heterocycles. The van der Waals surface area contributed by atoms with E-state index in [2.05, 4.69) is 5.32 Å². The highest BCUT2D eigenvalue weighted by atomic mass is 16.5. The van der Waals surface area contributed by atoms with Gasteiger partial charge in [-0.1, -0.05) is 6.07 Å². The summed E-state index contributed by atoms with van der Waals surface area (Å²) in [6.07, 6.45) is -0.0882. The summed E-state index contributed by atoms with van der Waals surface area (Å²) in [6, 6.07) is 4.94. The number of para-hydroxylation sites is 1. The number of aldehydes is 1. The Bertz CT molecular complexity index is 461. The van der Waals surface area contributed by atoms with E-state index in [4.69, 9.17) is 14.2 Å². The molecule has 1 amide bonds.